The minimum absolute atomic E-state index is 0.135. The molecule has 2 aliphatic rings. The van der Waals surface area contributed by atoms with Gasteiger partial charge in [0.25, 0.3) is 10.2 Å². The van der Waals surface area contributed by atoms with Crippen molar-refractivity contribution in [1.82, 2.24) is 13.6 Å². The lowest BCUT2D eigenvalue weighted by Crippen LogP contribution is -2.48. The molecule has 0 saturated carbocycles. The predicted octanol–water partition coefficient (Wildman–Crippen LogP) is 0.795. The van der Waals surface area contributed by atoms with E-state index in [4.69, 9.17) is 4.74 Å². The first-order valence-corrected chi connectivity index (χ1v) is 8.35. The van der Waals surface area contributed by atoms with Crippen LogP contribution in [0, 0.1) is 0 Å². The van der Waals surface area contributed by atoms with Crippen LogP contribution >= 0.6 is 0 Å². The van der Waals surface area contributed by atoms with E-state index in [2.05, 4.69) is 4.98 Å². The van der Waals surface area contributed by atoms with Gasteiger partial charge in [0.2, 0.25) is 0 Å². The topological polar surface area (TPSA) is 62.7 Å². The summed E-state index contributed by atoms with van der Waals surface area (Å²) < 4.78 is 33.8. The average Bonchev–Trinajstić information content (AvgIpc) is 2.99. The lowest BCUT2D eigenvalue weighted by atomic mass is 10.1. The molecule has 6 nitrogen and oxygen atoms in total. The van der Waals surface area contributed by atoms with Gasteiger partial charge in [-0.25, -0.2) is 0 Å². The summed E-state index contributed by atoms with van der Waals surface area (Å²) in [5.74, 6) is 0. The van der Waals surface area contributed by atoms with Crippen molar-refractivity contribution in [3.05, 3.63) is 30.1 Å². The Bertz CT molecular complexity index is 543. The summed E-state index contributed by atoms with van der Waals surface area (Å²) in [5, 5.41) is 0. The van der Waals surface area contributed by atoms with Crippen LogP contribution in [0.3, 0.4) is 0 Å². The van der Waals surface area contributed by atoms with Crippen molar-refractivity contribution in [2.75, 3.05) is 32.8 Å². The summed E-state index contributed by atoms with van der Waals surface area (Å²) in [6.07, 6.45) is 3.43. The second-order valence-electron chi connectivity index (χ2n) is 5.04. The molecular weight excluding hydrogens is 278 g/mol. The first kappa shape index (κ1) is 13.9. The molecular formula is C13H19N3O3S. The molecule has 7 heteroatoms. The second-order valence-corrected chi connectivity index (χ2v) is 6.92. The number of pyridine rings is 1. The molecule has 1 atom stereocenters. The molecule has 2 fully saturated rings. The van der Waals surface area contributed by atoms with E-state index in [1.807, 2.05) is 18.2 Å². The number of morpholine rings is 1. The van der Waals surface area contributed by atoms with Gasteiger partial charge in [-0.15, -0.1) is 0 Å². The number of ether oxygens (including phenoxy) is 1. The van der Waals surface area contributed by atoms with Gasteiger partial charge in [0.1, 0.15) is 0 Å². The number of hydrogen-bond acceptors (Lipinski definition) is 4. The van der Waals surface area contributed by atoms with E-state index < -0.39 is 10.2 Å². The Hall–Kier alpha value is -1.02. The van der Waals surface area contributed by atoms with E-state index in [1.54, 1.807) is 10.5 Å². The molecule has 0 radical (unpaired) electrons. The van der Waals surface area contributed by atoms with E-state index in [0.29, 0.717) is 32.8 Å². The average molecular weight is 297 g/mol. The highest BCUT2D eigenvalue weighted by Crippen LogP contribution is 2.34. The molecule has 0 aromatic carbocycles. The molecule has 1 unspecified atom stereocenters. The number of aromatic nitrogens is 1. The first-order valence-electron chi connectivity index (χ1n) is 6.95. The second kappa shape index (κ2) is 5.77. The number of nitrogens with zero attached hydrogens (tertiary/aromatic N) is 3. The fourth-order valence-electron chi connectivity index (χ4n) is 2.81. The Morgan fingerprint density at radius 1 is 1.20 bits per heavy atom. The van der Waals surface area contributed by atoms with Crippen LogP contribution in [-0.4, -0.2) is 54.9 Å². The van der Waals surface area contributed by atoms with Gasteiger partial charge in [0, 0.05) is 25.8 Å². The molecule has 1 aromatic heterocycles. The summed E-state index contributed by atoms with van der Waals surface area (Å²) >= 11 is 0. The van der Waals surface area contributed by atoms with Gasteiger partial charge in [0.15, 0.2) is 0 Å². The molecule has 20 heavy (non-hydrogen) atoms. The van der Waals surface area contributed by atoms with Crippen molar-refractivity contribution in [2.24, 2.45) is 0 Å². The molecule has 0 N–H and O–H groups in total. The standard InChI is InChI=1S/C13H19N3O3S/c17-20(18,15-8-10-19-11-9-15)16-7-3-5-13(16)12-4-1-2-6-14-12/h1-2,4,6,13H,3,5,7-11H2. The zero-order chi connectivity index (χ0) is 14.0. The minimum Gasteiger partial charge on any atom is -0.379 e. The van der Waals surface area contributed by atoms with Gasteiger partial charge in [-0.2, -0.15) is 17.0 Å². The predicted molar refractivity (Wildman–Crippen MR) is 74.2 cm³/mol. The van der Waals surface area contributed by atoms with Crippen LogP contribution in [0.25, 0.3) is 0 Å². The van der Waals surface area contributed by atoms with E-state index in [-0.39, 0.29) is 6.04 Å². The molecule has 0 bridgehead atoms. The van der Waals surface area contributed by atoms with Gasteiger partial charge in [-0.05, 0) is 25.0 Å². The summed E-state index contributed by atoms with van der Waals surface area (Å²) in [7, 11) is -3.41. The zero-order valence-electron chi connectivity index (χ0n) is 11.3. The maximum Gasteiger partial charge on any atom is 0.282 e. The quantitative estimate of drug-likeness (QED) is 0.828. The van der Waals surface area contributed by atoms with Gasteiger partial charge in [-0.3, -0.25) is 4.98 Å². The maximum atomic E-state index is 12.7. The Kier molecular flexibility index (Phi) is 4.02. The van der Waals surface area contributed by atoms with Crippen molar-refractivity contribution in [3.8, 4) is 0 Å². The first-order chi connectivity index (χ1) is 9.69. The van der Waals surface area contributed by atoms with Crippen LogP contribution in [0.5, 0.6) is 0 Å². The van der Waals surface area contributed by atoms with E-state index in [9.17, 15) is 8.42 Å². The minimum atomic E-state index is -3.41. The van der Waals surface area contributed by atoms with Crippen molar-refractivity contribution in [3.63, 3.8) is 0 Å². The van der Waals surface area contributed by atoms with Crippen LogP contribution < -0.4 is 0 Å². The Labute approximate surface area is 119 Å². The van der Waals surface area contributed by atoms with E-state index >= 15 is 0 Å². The maximum absolute atomic E-state index is 12.7. The molecule has 3 heterocycles. The smallest absolute Gasteiger partial charge is 0.282 e. The van der Waals surface area contributed by atoms with Gasteiger partial charge in [0.05, 0.1) is 24.9 Å². The van der Waals surface area contributed by atoms with E-state index in [0.717, 1.165) is 18.5 Å². The van der Waals surface area contributed by atoms with Crippen LogP contribution in [0.2, 0.25) is 0 Å². The third-order valence-corrected chi connectivity index (χ3v) is 5.87. The van der Waals surface area contributed by atoms with Crippen LogP contribution in [0.4, 0.5) is 0 Å². The van der Waals surface area contributed by atoms with Gasteiger partial charge in [-0.1, -0.05) is 6.07 Å². The van der Waals surface area contributed by atoms with Gasteiger partial charge >= 0.3 is 0 Å². The lowest BCUT2D eigenvalue weighted by molar-refractivity contribution is 0.0698. The third-order valence-electron chi connectivity index (χ3n) is 3.83. The van der Waals surface area contributed by atoms with Crippen molar-refractivity contribution in [2.45, 2.75) is 18.9 Å². The summed E-state index contributed by atoms with van der Waals surface area (Å²) in [6.45, 7) is 2.39. The SMILES string of the molecule is O=S(=O)(N1CCOCC1)N1CCCC1c1ccccn1. The molecule has 1 aromatic rings. The molecule has 3 rings (SSSR count). The highest BCUT2D eigenvalue weighted by atomic mass is 32.2. The third kappa shape index (κ3) is 2.58. The van der Waals surface area contributed by atoms with Crippen LogP contribution in [-0.2, 0) is 14.9 Å². The monoisotopic (exact) mass is 297 g/mol. The lowest BCUT2D eigenvalue weighted by Gasteiger charge is -2.32. The van der Waals surface area contributed by atoms with Crippen molar-refractivity contribution in [1.29, 1.82) is 0 Å². The van der Waals surface area contributed by atoms with Crippen LogP contribution in [0.1, 0.15) is 24.6 Å². The molecule has 0 aliphatic carbocycles. The van der Waals surface area contributed by atoms with Crippen LogP contribution in [0.15, 0.2) is 24.4 Å². The molecule has 0 spiro atoms. The van der Waals surface area contributed by atoms with E-state index in [1.165, 1.54) is 4.31 Å². The Morgan fingerprint density at radius 3 is 2.70 bits per heavy atom. The largest absolute Gasteiger partial charge is 0.379 e. The molecule has 0 amide bonds. The summed E-state index contributed by atoms with van der Waals surface area (Å²) in [4.78, 5) is 4.32. The van der Waals surface area contributed by atoms with Crippen molar-refractivity contribution >= 4 is 10.2 Å². The molecule has 2 aliphatic heterocycles. The van der Waals surface area contributed by atoms with Gasteiger partial charge < -0.3 is 4.74 Å². The summed E-state index contributed by atoms with van der Waals surface area (Å²) in [6, 6.07) is 5.51. The molecule has 110 valence electrons. The van der Waals surface area contributed by atoms with Crippen molar-refractivity contribution < 1.29 is 13.2 Å². The Balaban J connectivity index is 1.84. The fraction of sp³-hybridized carbons (Fsp3) is 0.615. The summed E-state index contributed by atoms with van der Waals surface area (Å²) in [5.41, 5.74) is 0.835. The highest BCUT2D eigenvalue weighted by molar-refractivity contribution is 7.86. The number of rotatable bonds is 3. The highest BCUT2D eigenvalue weighted by Gasteiger charge is 2.39. The normalized spacial score (nSPS) is 25.9. The fourth-order valence-corrected chi connectivity index (χ4v) is 4.61. The molecule has 2 saturated heterocycles. The Morgan fingerprint density at radius 2 is 2.00 bits per heavy atom. The number of hydrogen-bond donors (Lipinski definition) is 0. The zero-order valence-corrected chi connectivity index (χ0v) is 12.1.